The van der Waals surface area contributed by atoms with Crippen molar-refractivity contribution in [2.75, 3.05) is 24.4 Å². The van der Waals surface area contributed by atoms with E-state index in [1.807, 2.05) is 6.92 Å². The average Bonchev–Trinajstić information content (AvgIpc) is 2.03. The van der Waals surface area contributed by atoms with Crippen molar-refractivity contribution in [3.8, 4) is 0 Å². The smallest absolute Gasteiger partial charge is 0.221 e. The predicted molar refractivity (Wildman–Crippen MR) is 56.3 cm³/mol. The van der Waals surface area contributed by atoms with Crippen LogP contribution in [0, 0.1) is 0 Å². The molecule has 6 heteroatoms. The Labute approximate surface area is 87.5 Å². The second kappa shape index (κ2) is 6.53. The lowest BCUT2D eigenvalue weighted by Gasteiger charge is -2.04. The van der Waals surface area contributed by atoms with Crippen molar-refractivity contribution in [1.29, 1.82) is 0 Å². The van der Waals surface area contributed by atoms with E-state index in [2.05, 4.69) is 27.2 Å². The van der Waals surface area contributed by atoms with Crippen LogP contribution < -0.4 is 4.72 Å². The van der Waals surface area contributed by atoms with Crippen molar-refractivity contribution < 1.29 is 13.2 Å². The molecule has 0 saturated heterocycles. The highest BCUT2D eigenvalue weighted by atomic mass is 79.9. The van der Waals surface area contributed by atoms with Gasteiger partial charge >= 0.3 is 0 Å². The van der Waals surface area contributed by atoms with Gasteiger partial charge in [0.25, 0.3) is 0 Å². The number of nitrogens with one attached hydrogen (secondary N) is 1. The van der Waals surface area contributed by atoms with Gasteiger partial charge in [-0.1, -0.05) is 28.1 Å². The number of alkyl halides is 1. The molecule has 0 aromatic rings. The van der Waals surface area contributed by atoms with Gasteiger partial charge in [0.15, 0.2) is 0 Å². The summed E-state index contributed by atoms with van der Waals surface area (Å²) < 4.78 is 29.1. The van der Waals surface area contributed by atoms with Gasteiger partial charge in [-0.3, -0.25) is 0 Å². The molecule has 0 heterocycles. The van der Waals surface area contributed by atoms with Crippen LogP contribution in [-0.2, 0) is 14.8 Å². The van der Waals surface area contributed by atoms with E-state index >= 15 is 0 Å². The van der Waals surface area contributed by atoms with Crippen molar-refractivity contribution in [3.05, 3.63) is 12.2 Å². The van der Waals surface area contributed by atoms with Gasteiger partial charge in [0.2, 0.25) is 10.0 Å². The molecule has 78 valence electrons. The zero-order valence-electron chi connectivity index (χ0n) is 7.55. The number of sulfonamides is 1. The van der Waals surface area contributed by atoms with Crippen LogP contribution in [0.2, 0.25) is 0 Å². The van der Waals surface area contributed by atoms with Crippen molar-refractivity contribution in [3.63, 3.8) is 0 Å². The quantitative estimate of drug-likeness (QED) is 0.424. The SMILES string of the molecule is C=C(C)COCCNS(=O)(=O)CBr. The van der Waals surface area contributed by atoms with E-state index in [1.165, 1.54) is 0 Å². The minimum Gasteiger partial charge on any atom is -0.376 e. The Morgan fingerprint density at radius 1 is 1.62 bits per heavy atom. The molecule has 0 aliphatic rings. The molecule has 0 aliphatic heterocycles. The minimum atomic E-state index is -3.16. The third-order valence-corrected chi connectivity index (χ3v) is 3.80. The summed E-state index contributed by atoms with van der Waals surface area (Å²) in [4.78, 5) is 0. The molecule has 0 atom stereocenters. The lowest BCUT2D eigenvalue weighted by molar-refractivity contribution is 0.162. The molecule has 0 amide bonds. The summed E-state index contributed by atoms with van der Waals surface area (Å²) in [5, 5.41) is 0. The van der Waals surface area contributed by atoms with Gasteiger partial charge in [0, 0.05) is 6.54 Å². The number of rotatable bonds is 7. The second-order valence-electron chi connectivity index (χ2n) is 2.63. The molecule has 13 heavy (non-hydrogen) atoms. The first-order valence-electron chi connectivity index (χ1n) is 3.73. The molecule has 0 bridgehead atoms. The molecule has 4 nitrogen and oxygen atoms in total. The molecule has 0 aromatic carbocycles. The normalized spacial score (nSPS) is 11.5. The summed E-state index contributed by atoms with van der Waals surface area (Å²) in [5.41, 5.74) is 0.920. The average molecular weight is 272 g/mol. The first-order chi connectivity index (χ1) is 5.98. The van der Waals surface area contributed by atoms with Gasteiger partial charge in [-0.15, -0.1) is 0 Å². The highest BCUT2D eigenvalue weighted by molar-refractivity contribution is 9.10. The Morgan fingerprint density at radius 3 is 2.69 bits per heavy atom. The Balaban J connectivity index is 3.42. The zero-order chi connectivity index (χ0) is 10.3. The van der Waals surface area contributed by atoms with Crippen LogP contribution in [0.4, 0.5) is 0 Å². The summed E-state index contributed by atoms with van der Waals surface area (Å²) in [5.74, 6) is 0. The fraction of sp³-hybridized carbons (Fsp3) is 0.714. The summed E-state index contributed by atoms with van der Waals surface area (Å²) in [6, 6.07) is 0. The van der Waals surface area contributed by atoms with E-state index in [4.69, 9.17) is 4.74 Å². The Bertz CT molecular complexity index is 250. The molecule has 0 fully saturated rings. The predicted octanol–water partition coefficient (Wildman–Crippen LogP) is 0.851. The summed E-state index contributed by atoms with van der Waals surface area (Å²) in [7, 11) is -3.16. The fourth-order valence-electron chi connectivity index (χ4n) is 0.554. The van der Waals surface area contributed by atoms with Gasteiger partial charge in [-0.2, -0.15) is 0 Å². The lowest BCUT2D eigenvalue weighted by atomic mass is 10.4. The molecule has 0 spiro atoms. The molecule has 0 aromatic heterocycles. The van der Waals surface area contributed by atoms with Gasteiger partial charge in [-0.05, 0) is 6.92 Å². The van der Waals surface area contributed by atoms with E-state index in [0.29, 0.717) is 19.8 Å². The molecule has 0 aliphatic carbocycles. The second-order valence-corrected chi connectivity index (χ2v) is 5.74. The first kappa shape index (κ1) is 13.1. The van der Waals surface area contributed by atoms with Gasteiger partial charge in [-0.25, -0.2) is 13.1 Å². The van der Waals surface area contributed by atoms with Crippen LogP contribution in [0.3, 0.4) is 0 Å². The van der Waals surface area contributed by atoms with E-state index in [9.17, 15) is 8.42 Å². The van der Waals surface area contributed by atoms with E-state index in [0.717, 1.165) is 5.57 Å². The van der Waals surface area contributed by atoms with Crippen LogP contribution in [0.5, 0.6) is 0 Å². The van der Waals surface area contributed by atoms with Crippen LogP contribution in [0.25, 0.3) is 0 Å². The lowest BCUT2D eigenvalue weighted by Crippen LogP contribution is -2.28. The van der Waals surface area contributed by atoms with Crippen LogP contribution in [-0.4, -0.2) is 32.8 Å². The van der Waals surface area contributed by atoms with E-state index in [-0.39, 0.29) is 4.66 Å². The van der Waals surface area contributed by atoms with Crippen LogP contribution in [0.15, 0.2) is 12.2 Å². The fourth-order valence-corrected chi connectivity index (χ4v) is 1.51. The Morgan fingerprint density at radius 2 is 2.23 bits per heavy atom. The van der Waals surface area contributed by atoms with E-state index in [1.54, 1.807) is 0 Å². The highest BCUT2D eigenvalue weighted by Gasteiger charge is 2.05. The Hall–Kier alpha value is 0.0900. The maximum Gasteiger partial charge on any atom is 0.221 e. The summed E-state index contributed by atoms with van der Waals surface area (Å²) in [6.45, 7) is 6.62. The molecular weight excluding hydrogens is 258 g/mol. The maximum absolute atomic E-state index is 10.9. The third kappa shape index (κ3) is 8.42. The third-order valence-electron chi connectivity index (χ3n) is 1.06. The first-order valence-corrected chi connectivity index (χ1v) is 6.51. The van der Waals surface area contributed by atoms with Crippen molar-refractivity contribution >= 4 is 26.0 Å². The number of hydrogen-bond acceptors (Lipinski definition) is 3. The topological polar surface area (TPSA) is 55.4 Å². The van der Waals surface area contributed by atoms with Gasteiger partial charge < -0.3 is 4.74 Å². The highest BCUT2D eigenvalue weighted by Crippen LogP contribution is 1.91. The van der Waals surface area contributed by atoms with Crippen molar-refractivity contribution in [2.24, 2.45) is 0 Å². The van der Waals surface area contributed by atoms with Crippen molar-refractivity contribution in [2.45, 2.75) is 6.92 Å². The summed E-state index contributed by atoms with van der Waals surface area (Å²) >= 11 is 2.86. The molecule has 0 radical (unpaired) electrons. The number of halogens is 1. The van der Waals surface area contributed by atoms with Gasteiger partial charge in [0.1, 0.15) is 4.66 Å². The van der Waals surface area contributed by atoms with Crippen LogP contribution in [0.1, 0.15) is 6.92 Å². The molecule has 0 saturated carbocycles. The van der Waals surface area contributed by atoms with E-state index < -0.39 is 10.0 Å². The zero-order valence-corrected chi connectivity index (χ0v) is 9.95. The standard InChI is InChI=1S/C7H14BrNO3S/c1-7(2)5-12-4-3-9-13(10,11)6-8/h9H,1,3-6H2,2H3. The van der Waals surface area contributed by atoms with Crippen LogP contribution >= 0.6 is 15.9 Å². The maximum atomic E-state index is 10.9. The number of ether oxygens (including phenoxy) is 1. The molecule has 0 unspecified atom stereocenters. The summed E-state index contributed by atoms with van der Waals surface area (Å²) in [6.07, 6.45) is 0. The number of hydrogen-bond donors (Lipinski definition) is 1. The largest absolute Gasteiger partial charge is 0.376 e. The van der Waals surface area contributed by atoms with Crippen molar-refractivity contribution in [1.82, 2.24) is 4.72 Å². The van der Waals surface area contributed by atoms with Gasteiger partial charge in [0.05, 0.1) is 13.2 Å². The minimum absolute atomic E-state index is 0.0829. The Kier molecular flexibility index (Phi) is 6.58. The molecule has 1 N–H and O–H groups in total. The molecular formula is C7H14BrNO3S. The molecule has 0 rings (SSSR count). The monoisotopic (exact) mass is 271 g/mol.